The number of fused-ring (bicyclic) bond motifs is 1. The molecule has 0 bridgehead atoms. The van der Waals surface area contributed by atoms with Crippen molar-refractivity contribution in [1.82, 2.24) is 15.0 Å². The van der Waals surface area contributed by atoms with Gasteiger partial charge >= 0.3 is 0 Å². The smallest absolute Gasteiger partial charge is 0.263 e. The molecule has 0 radical (unpaired) electrons. The van der Waals surface area contributed by atoms with Gasteiger partial charge < -0.3 is 10.2 Å². The SMILES string of the molecule is Cc1cc(Sc2nc3cc(N)ccc3o2)nc(C)n1. The van der Waals surface area contributed by atoms with Crippen molar-refractivity contribution in [1.29, 1.82) is 0 Å². The van der Waals surface area contributed by atoms with Gasteiger partial charge in [0.1, 0.15) is 16.4 Å². The maximum Gasteiger partial charge on any atom is 0.263 e. The highest BCUT2D eigenvalue weighted by Crippen LogP contribution is 2.29. The average molecular weight is 272 g/mol. The van der Waals surface area contributed by atoms with Gasteiger partial charge in [-0.25, -0.2) is 15.0 Å². The van der Waals surface area contributed by atoms with Crippen molar-refractivity contribution >= 4 is 28.5 Å². The molecule has 1 aromatic carbocycles. The molecule has 0 aliphatic heterocycles. The van der Waals surface area contributed by atoms with Gasteiger partial charge in [0.05, 0.1) is 0 Å². The summed E-state index contributed by atoms with van der Waals surface area (Å²) in [6.07, 6.45) is 0. The van der Waals surface area contributed by atoms with Gasteiger partial charge in [-0.15, -0.1) is 0 Å². The molecule has 19 heavy (non-hydrogen) atoms. The van der Waals surface area contributed by atoms with Crippen LogP contribution in [0.25, 0.3) is 11.1 Å². The minimum absolute atomic E-state index is 0.554. The summed E-state index contributed by atoms with van der Waals surface area (Å²) in [5, 5.41) is 1.38. The first-order valence-corrected chi connectivity index (χ1v) is 6.58. The van der Waals surface area contributed by atoms with Crippen molar-refractivity contribution in [3.63, 3.8) is 0 Å². The Bertz CT molecular complexity index is 733. The number of nitrogens with two attached hydrogens (primary N) is 1. The number of benzene rings is 1. The molecule has 0 aliphatic carbocycles. The molecule has 3 rings (SSSR count). The van der Waals surface area contributed by atoms with Crippen molar-refractivity contribution in [3.8, 4) is 0 Å². The zero-order valence-corrected chi connectivity index (χ0v) is 11.4. The molecule has 0 aliphatic rings. The summed E-state index contributed by atoms with van der Waals surface area (Å²) in [5.74, 6) is 0.739. The second-order valence-corrected chi connectivity index (χ2v) is 5.18. The number of oxazole rings is 1. The third-order valence-electron chi connectivity index (χ3n) is 2.53. The maximum absolute atomic E-state index is 5.72. The van der Waals surface area contributed by atoms with Crippen LogP contribution in [0.1, 0.15) is 11.5 Å². The first-order valence-electron chi connectivity index (χ1n) is 5.76. The highest BCUT2D eigenvalue weighted by molar-refractivity contribution is 7.99. The Morgan fingerprint density at radius 1 is 1.11 bits per heavy atom. The Balaban J connectivity index is 1.96. The molecule has 0 spiro atoms. The van der Waals surface area contributed by atoms with Crippen molar-refractivity contribution in [2.24, 2.45) is 0 Å². The van der Waals surface area contributed by atoms with Gasteiger partial charge in [-0.3, -0.25) is 0 Å². The highest BCUT2D eigenvalue weighted by Gasteiger charge is 2.09. The molecule has 0 atom stereocenters. The molecule has 2 aromatic heterocycles. The van der Waals surface area contributed by atoms with Gasteiger partial charge in [0.15, 0.2) is 5.58 Å². The fourth-order valence-electron chi connectivity index (χ4n) is 1.79. The lowest BCUT2D eigenvalue weighted by Crippen LogP contribution is -1.92. The van der Waals surface area contributed by atoms with E-state index in [1.54, 1.807) is 12.1 Å². The molecule has 0 saturated carbocycles. The van der Waals surface area contributed by atoms with Gasteiger partial charge in [-0.1, -0.05) is 0 Å². The molecule has 0 saturated heterocycles. The van der Waals surface area contributed by atoms with E-state index in [4.69, 9.17) is 10.2 Å². The fraction of sp³-hybridized carbons (Fsp3) is 0.154. The minimum Gasteiger partial charge on any atom is -0.431 e. The quantitative estimate of drug-likeness (QED) is 0.571. The van der Waals surface area contributed by atoms with Crippen LogP contribution in [0.3, 0.4) is 0 Å². The number of anilines is 1. The molecule has 6 heteroatoms. The van der Waals surface area contributed by atoms with E-state index in [0.29, 0.717) is 10.9 Å². The van der Waals surface area contributed by atoms with E-state index < -0.39 is 0 Å². The molecular formula is C13H12N4OS. The molecule has 0 unspecified atom stereocenters. The summed E-state index contributed by atoms with van der Waals surface area (Å²) < 4.78 is 5.64. The van der Waals surface area contributed by atoms with Gasteiger partial charge in [0.2, 0.25) is 0 Å². The first-order chi connectivity index (χ1) is 9.10. The van der Waals surface area contributed by atoms with Gasteiger partial charge in [0.25, 0.3) is 5.22 Å². The minimum atomic E-state index is 0.554. The van der Waals surface area contributed by atoms with Crippen LogP contribution in [0.4, 0.5) is 5.69 Å². The van der Waals surface area contributed by atoms with Crippen LogP contribution in [-0.4, -0.2) is 15.0 Å². The molecule has 96 valence electrons. The predicted octanol–water partition coefficient (Wildman–Crippen LogP) is 2.97. The fourth-order valence-corrected chi connectivity index (χ4v) is 2.65. The largest absolute Gasteiger partial charge is 0.431 e. The lowest BCUT2D eigenvalue weighted by atomic mass is 10.3. The summed E-state index contributed by atoms with van der Waals surface area (Å²) in [6.45, 7) is 3.80. The van der Waals surface area contributed by atoms with Crippen molar-refractivity contribution in [2.75, 3.05) is 5.73 Å². The van der Waals surface area contributed by atoms with Crippen molar-refractivity contribution in [3.05, 3.63) is 35.8 Å². The molecular weight excluding hydrogens is 260 g/mol. The normalized spacial score (nSPS) is 11.1. The van der Waals surface area contributed by atoms with E-state index in [9.17, 15) is 0 Å². The summed E-state index contributed by atoms with van der Waals surface area (Å²) in [6, 6.07) is 7.30. The zero-order chi connectivity index (χ0) is 13.4. The number of aromatic nitrogens is 3. The number of hydrogen-bond acceptors (Lipinski definition) is 6. The summed E-state index contributed by atoms with van der Waals surface area (Å²) in [4.78, 5) is 13.0. The Morgan fingerprint density at radius 2 is 1.95 bits per heavy atom. The van der Waals surface area contributed by atoms with Crippen LogP contribution in [0.2, 0.25) is 0 Å². The topological polar surface area (TPSA) is 77.8 Å². The number of aryl methyl sites for hydroxylation is 2. The molecule has 0 amide bonds. The summed E-state index contributed by atoms with van der Waals surface area (Å²) >= 11 is 1.38. The third kappa shape index (κ3) is 2.53. The Kier molecular flexibility index (Phi) is 2.87. The molecule has 5 nitrogen and oxygen atoms in total. The molecule has 0 fully saturated rings. The predicted molar refractivity (Wildman–Crippen MR) is 74.1 cm³/mol. The van der Waals surface area contributed by atoms with Crippen LogP contribution in [-0.2, 0) is 0 Å². The Morgan fingerprint density at radius 3 is 2.74 bits per heavy atom. The van der Waals surface area contributed by atoms with E-state index >= 15 is 0 Å². The van der Waals surface area contributed by atoms with Crippen LogP contribution < -0.4 is 5.73 Å². The summed E-state index contributed by atoms with van der Waals surface area (Å²) in [7, 11) is 0. The van der Waals surface area contributed by atoms with Gasteiger partial charge in [0, 0.05) is 11.4 Å². The van der Waals surface area contributed by atoms with Crippen LogP contribution in [0.15, 0.2) is 38.9 Å². The van der Waals surface area contributed by atoms with Crippen LogP contribution >= 0.6 is 11.8 Å². The lowest BCUT2D eigenvalue weighted by molar-refractivity contribution is 0.489. The van der Waals surface area contributed by atoms with Gasteiger partial charge in [-0.05, 0) is 49.9 Å². The third-order valence-corrected chi connectivity index (χ3v) is 3.29. The van der Waals surface area contributed by atoms with Gasteiger partial charge in [-0.2, -0.15) is 0 Å². The van der Waals surface area contributed by atoms with E-state index in [0.717, 1.165) is 27.6 Å². The lowest BCUT2D eigenvalue weighted by Gasteiger charge is -1.99. The van der Waals surface area contributed by atoms with Crippen molar-refractivity contribution in [2.45, 2.75) is 24.1 Å². The first kappa shape index (κ1) is 12.0. The monoisotopic (exact) mass is 272 g/mol. The average Bonchev–Trinajstić information content (AvgIpc) is 2.68. The second-order valence-electron chi connectivity index (χ2n) is 4.20. The Labute approximate surface area is 114 Å². The maximum atomic E-state index is 5.72. The Hall–Kier alpha value is -2.08. The molecule has 2 N–H and O–H groups in total. The standard InChI is InChI=1S/C13H12N4OS/c1-7-5-12(16-8(2)15-7)19-13-17-10-6-9(14)3-4-11(10)18-13/h3-6H,14H2,1-2H3. The molecule has 2 heterocycles. The summed E-state index contributed by atoms with van der Waals surface area (Å²) in [5.41, 5.74) is 8.79. The van der Waals surface area contributed by atoms with E-state index in [1.165, 1.54) is 11.8 Å². The zero-order valence-electron chi connectivity index (χ0n) is 10.5. The highest BCUT2D eigenvalue weighted by atomic mass is 32.2. The second kappa shape index (κ2) is 4.55. The van der Waals surface area contributed by atoms with Crippen LogP contribution in [0.5, 0.6) is 0 Å². The number of hydrogen-bond donors (Lipinski definition) is 1. The number of nitrogens with zero attached hydrogens (tertiary/aromatic N) is 3. The van der Waals surface area contributed by atoms with E-state index in [-0.39, 0.29) is 0 Å². The van der Waals surface area contributed by atoms with Crippen LogP contribution in [0, 0.1) is 13.8 Å². The number of rotatable bonds is 2. The van der Waals surface area contributed by atoms with E-state index in [2.05, 4.69) is 15.0 Å². The van der Waals surface area contributed by atoms with E-state index in [1.807, 2.05) is 26.0 Å². The number of nitrogen functional groups attached to an aromatic ring is 1. The van der Waals surface area contributed by atoms with Crippen molar-refractivity contribution < 1.29 is 4.42 Å². The molecule has 3 aromatic rings.